The fraction of sp³-hybridized carbons (Fsp3) is 0.286. The third-order valence-corrected chi connectivity index (χ3v) is 6.70. The first-order chi connectivity index (χ1) is 16.9. The van der Waals surface area contributed by atoms with E-state index in [4.69, 9.17) is 34.8 Å². The Labute approximate surface area is 222 Å². The van der Waals surface area contributed by atoms with Gasteiger partial charge in [0.05, 0.1) is 16.5 Å². The molecular weight excluding hydrogens is 503 g/mol. The lowest BCUT2D eigenvalue weighted by Gasteiger charge is -2.32. The highest BCUT2D eigenvalue weighted by molar-refractivity contribution is 6.42. The summed E-state index contributed by atoms with van der Waals surface area (Å²) in [5.41, 5.74) is 2.60. The van der Waals surface area contributed by atoms with Crippen LogP contribution in [0.2, 0.25) is 15.1 Å². The van der Waals surface area contributed by atoms with Gasteiger partial charge in [-0.1, -0.05) is 96.7 Å². The summed E-state index contributed by atoms with van der Waals surface area (Å²) in [5.74, 6) is -0.344. The fourth-order valence-electron chi connectivity index (χ4n) is 3.77. The molecule has 0 fully saturated rings. The number of hydrogen-bond donors (Lipinski definition) is 1. The van der Waals surface area contributed by atoms with Crippen LogP contribution in [0.15, 0.2) is 72.8 Å². The predicted molar refractivity (Wildman–Crippen MR) is 144 cm³/mol. The predicted octanol–water partition coefficient (Wildman–Crippen LogP) is 6.75. The van der Waals surface area contributed by atoms with Crippen molar-refractivity contribution < 1.29 is 9.59 Å². The average Bonchev–Trinajstić information content (AvgIpc) is 2.85. The van der Waals surface area contributed by atoms with Crippen molar-refractivity contribution in [2.75, 3.05) is 6.54 Å². The molecule has 35 heavy (non-hydrogen) atoms. The number of rotatable bonds is 11. The summed E-state index contributed by atoms with van der Waals surface area (Å²) in [4.78, 5) is 28.7. The number of amides is 2. The van der Waals surface area contributed by atoms with Gasteiger partial charge in [-0.25, -0.2) is 0 Å². The Hall–Kier alpha value is -2.53. The van der Waals surface area contributed by atoms with E-state index < -0.39 is 6.04 Å². The summed E-state index contributed by atoms with van der Waals surface area (Å²) in [6.45, 7) is 2.91. The topological polar surface area (TPSA) is 49.4 Å². The summed E-state index contributed by atoms with van der Waals surface area (Å²) in [6.07, 6.45) is 2.34. The zero-order valence-corrected chi connectivity index (χ0v) is 21.9. The van der Waals surface area contributed by atoms with Crippen molar-refractivity contribution in [3.63, 3.8) is 0 Å². The third-order valence-electron chi connectivity index (χ3n) is 5.71. The van der Waals surface area contributed by atoms with E-state index in [2.05, 4.69) is 12.2 Å². The summed E-state index contributed by atoms with van der Waals surface area (Å²) in [5, 5.41) is 4.45. The molecule has 0 unspecified atom stereocenters. The molecule has 3 rings (SSSR count). The van der Waals surface area contributed by atoms with E-state index >= 15 is 0 Å². The van der Waals surface area contributed by atoms with E-state index in [9.17, 15) is 9.59 Å². The maximum absolute atomic E-state index is 13.7. The summed E-state index contributed by atoms with van der Waals surface area (Å²) < 4.78 is 0. The first-order valence-corrected chi connectivity index (χ1v) is 12.8. The van der Waals surface area contributed by atoms with Crippen molar-refractivity contribution in [1.82, 2.24) is 10.2 Å². The summed E-state index contributed by atoms with van der Waals surface area (Å²) in [6, 6.07) is 21.5. The van der Waals surface area contributed by atoms with Crippen LogP contribution in [-0.2, 0) is 29.0 Å². The highest BCUT2D eigenvalue weighted by atomic mass is 35.5. The lowest BCUT2D eigenvalue weighted by molar-refractivity contribution is -0.140. The SMILES string of the molecule is CCCCNC(=O)[C@H](Cc1ccccc1)N(Cc1ccc(Cl)cc1)C(=O)Cc1ccc(Cl)c(Cl)c1. The summed E-state index contributed by atoms with van der Waals surface area (Å²) in [7, 11) is 0. The lowest BCUT2D eigenvalue weighted by Crippen LogP contribution is -2.51. The molecule has 0 aromatic heterocycles. The van der Waals surface area contributed by atoms with Crippen LogP contribution >= 0.6 is 34.8 Å². The van der Waals surface area contributed by atoms with E-state index in [1.807, 2.05) is 42.5 Å². The Balaban J connectivity index is 1.94. The Morgan fingerprint density at radius 2 is 1.54 bits per heavy atom. The van der Waals surface area contributed by atoms with Crippen LogP contribution in [0.5, 0.6) is 0 Å². The van der Waals surface area contributed by atoms with Crippen LogP contribution in [0, 0.1) is 0 Å². The molecule has 0 aliphatic carbocycles. The molecule has 0 saturated carbocycles. The molecule has 4 nitrogen and oxygen atoms in total. The second-order valence-electron chi connectivity index (χ2n) is 8.42. The number of carbonyl (C=O) groups is 2. The third kappa shape index (κ3) is 8.28. The normalized spacial score (nSPS) is 11.7. The molecule has 0 aliphatic heterocycles. The molecule has 0 spiro atoms. The first-order valence-electron chi connectivity index (χ1n) is 11.7. The van der Waals surface area contributed by atoms with E-state index in [0.29, 0.717) is 28.0 Å². The van der Waals surface area contributed by atoms with Gasteiger partial charge in [0.15, 0.2) is 0 Å². The molecule has 0 bridgehead atoms. The van der Waals surface area contributed by atoms with Gasteiger partial charge in [0, 0.05) is 24.5 Å². The molecule has 1 atom stereocenters. The van der Waals surface area contributed by atoms with Crippen molar-refractivity contribution in [3.8, 4) is 0 Å². The molecule has 7 heteroatoms. The maximum Gasteiger partial charge on any atom is 0.243 e. The second-order valence-corrected chi connectivity index (χ2v) is 9.67. The van der Waals surface area contributed by atoms with E-state index in [0.717, 1.165) is 29.5 Å². The Morgan fingerprint density at radius 3 is 2.20 bits per heavy atom. The quantitative estimate of drug-likeness (QED) is 0.278. The van der Waals surface area contributed by atoms with Gasteiger partial charge < -0.3 is 10.2 Å². The Morgan fingerprint density at radius 1 is 0.857 bits per heavy atom. The molecule has 0 heterocycles. The molecule has 184 valence electrons. The Bertz CT molecular complexity index is 1120. The molecule has 1 N–H and O–H groups in total. The molecule has 3 aromatic rings. The number of nitrogens with one attached hydrogen (secondary N) is 1. The highest BCUT2D eigenvalue weighted by Gasteiger charge is 2.30. The largest absolute Gasteiger partial charge is 0.354 e. The van der Waals surface area contributed by atoms with E-state index in [1.54, 1.807) is 35.2 Å². The molecule has 0 aliphatic rings. The Kier molecular flexibility index (Phi) is 10.5. The summed E-state index contributed by atoms with van der Waals surface area (Å²) >= 11 is 18.3. The van der Waals surface area contributed by atoms with Gasteiger partial charge in [-0.3, -0.25) is 9.59 Å². The van der Waals surface area contributed by atoms with Crippen molar-refractivity contribution in [2.24, 2.45) is 0 Å². The van der Waals surface area contributed by atoms with Crippen LogP contribution in [0.1, 0.15) is 36.5 Å². The van der Waals surface area contributed by atoms with Gasteiger partial charge in [0.2, 0.25) is 11.8 Å². The number of benzene rings is 3. The maximum atomic E-state index is 13.7. The van der Waals surface area contributed by atoms with Crippen molar-refractivity contribution in [1.29, 1.82) is 0 Å². The van der Waals surface area contributed by atoms with Crippen LogP contribution in [0.3, 0.4) is 0 Å². The van der Waals surface area contributed by atoms with Gasteiger partial charge in [-0.2, -0.15) is 0 Å². The van der Waals surface area contributed by atoms with Crippen LogP contribution < -0.4 is 5.32 Å². The van der Waals surface area contributed by atoms with Gasteiger partial charge in [-0.05, 0) is 47.4 Å². The minimum absolute atomic E-state index is 0.0952. The molecule has 3 aromatic carbocycles. The monoisotopic (exact) mass is 530 g/mol. The number of nitrogens with zero attached hydrogens (tertiary/aromatic N) is 1. The number of hydrogen-bond acceptors (Lipinski definition) is 2. The van der Waals surface area contributed by atoms with Gasteiger partial charge >= 0.3 is 0 Å². The average molecular weight is 532 g/mol. The van der Waals surface area contributed by atoms with Crippen LogP contribution in [-0.4, -0.2) is 29.3 Å². The van der Waals surface area contributed by atoms with Crippen LogP contribution in [0.25, 0.3) is 0 Å². The molecule has 0 saturated heterocycles. The standard InChI is InChI=1S/C28H29Cl3N2O2/c1-2-3-15-32-28(35)26(17-20-7-5-4-6-8-20)33(19-21-9-12-23(29)13-10-21)27(34)18-22-11-14-24(30)25(31)16-22/h4-14,16,26H,2-3,15,17-19H2,1H3,(H,32,35)/t26-/m0/s1. The van der Waals surface area contributed by atoms with E-state index in [-0.39, 0.29) is 24.8 Å². The molecular formula is C28H29Cl3N2O2. The van der Waals surface area contributed by atoms with Gasteiger partial charge in [0.25, 0.3) is 0 Å². The number of unbranched alkanes of at least 4 members (excludes halogenated alkanes) is 1. The smallest absolute Gasteiger partial charge is 0.243 e. The minimum atomic E-state index is -0.680. The lowest BCUT2D eigenvalue weighted by atomic mass is 10.0. The van der Waals surface area contributed by atoms with Gasteiger partial charge in [0.1, 0.15) is 6.04 Å². The zero-order valence-electron chi connectivity index (χ0n) is 19.6. The first kappa shape index (κ1) is 27.1. The molecule has 2 amide bonds. The van der Waals surface area contributed by atoms with Crippen molar-refractivity contribution in [2.45, 2.75) is 45.2 Å². The second kappa shape index (κ2) is 13.5. The number of carbonyl (C=O) groups excluding carboxylic acids is 2. The highest BCUT2D eigenvalue weighted by Crippen LogP contribution is 2.24. The minimum Gasteiger partial charge on any atom is -0.354 e. The van der Waals surface area contributed by atoms with Crippen molar-refractivity contribution >= 4 is 46.6 Å². The van der Waals surface area contributed by atoms with Gasteiger partial charge in [-0.15, -0.1) is 0 Å². The fourth-order valence-corrected chi connectivity index (χ4v) is 4.22. The van der Waals surface area contributed by atoms with E-state index in [1.165, 1.54) is 0 Å². The van der Waals surface area contributed by atoms with Crippen LogP contribution in [0.4, 0.5) is 0 Å². The number of halogens is 3. The molecule has 0 radical (unpaired) electrons. The zero-order chi connectivity index (χ0) is 25.2. The van der Waals surface area contributed by atoms with Crippen molar-refractivity contribution in [3.05, 3.63) is 105 Å².